The van der Waals surface area contributed by atoms with Gasteiger partial charge in [-0.2, -0.15) is 0 Å². The van der Waals surface area contributed by atoms with Crippen LogP contribution in [0.15, 0.2) is 16.6 Å². The summed E-state index contributed by atoms with van der Waals surface area (Å²) in [5, 5.41) is 0. The Morgan fingerprint density at radius 1 is 1.53 bits per heavy atom. The van der Waals surface area contributed by atoms with E-state index in [4.69, 9.17) is 11.6 Å². The van der Waals surface area contributed by atoms with Crippen LogP contribution in [0.25, 0.3) is 11.0 Å². The maximum Gasteiger partial charge on any atom is 0.139 e. The number of halogens is 3. The molecule has 1 saturated carbocycles. The van der Waals surface area contributed by atoms with E-state index in [0.29, 0.717) is 16.3 Å². The van der Waals surface area contributed by atoms with E-state index in [1.165, 1.54) is 12.8 Å². The average molecular weight is 346 g/mol. The fourth-order valence-corrected chi connectivity index (χ4v) is 3.11. The summed E-state index contributed by atoms with van der Waals surface area (Å²) >= 11 is 9.17. The van der Waals surface area contributed by atoms with Gasteiger partial charge in [-0.3, -0.25) is 0 Å². The predicted molar refractivity (Wildman–Crippen MR) is 78.8 cm³/mol. The molecule has 0 N–H and O–H groups in total. The highest BCUT2D eigenvalue weighted by Crippen LogP contribution is 2.38. The fourth-order valence-electron chi connectivity index (χ4n) is 2.58. The van der Waals surface area contributed by atoms with E-state index in [1.807, 2.05) is 0 Å². The maximum absolute atomic E-state index is 13.7. The Balaban J connectivity index is 2.06. The van der Waals surface area contributed by atoms with Crippen LogP contribution in [-0.2, 0) is 12.4 Å². The summed E-state index contributed by atoms with van der Waals surface area (Å²) in [6, 6.07) is 3.26. The van der Waals surface area contributed by atoms with Gasteiger partial charge in [0, 0.05) is 12.6 Å². The van der Waals surface area contributed by atoms with Gasteiger partial charge in [-0.25, -0.2) is 9.37 Å². The van der Waals surface area contributed by atoms with Gasteiger partial charge in [-0.15, -0.1) is 11.6 Å². The summed E-state index contributed by atoms with van der Waals surface area (Å²) in [5.41, 5.74) is 1.63. The number of fused-ring (bicyclic) bond motifs is 1. The molecule has 0 radical (unpaired) electrons. The zero-order chi connectivity index (χ0) is 13.6. The average Bonchev–Trinajstić information content (AvgIpc) is 3.17. The van der Waals surface area contributed by atoms with Crippen molar-refractivity contribution in [1.82, 2.24) is 9.55 Å². The van der Waals surface area contributed by atoms with Crippen LogP contribution in [0.2, 0.25) is 0 Å². The van der Waals surface area contributed by atoms with Crippen molar-refractivity contribution in [3.63, 3.8) is 0 Å². The minimum atomic E-state index is -0.256. The Hall–Kier alpha value is -0.610. The Morgan fingerprint density at radius 2 is 2.26 bits per heavy atom. The molecule has 3 rings (SSSR count). The summed E-state index contributed by atoms with van der Waals surface area (Å²) in [6.07, 6.45) is 2.62. The van der Waals surface area contributed by atoms with Gasteiger partial charge in [0.2, 0.25) is 0 Å². The number of imidazole rings is 1. The van der Waals surface area contributed by atoms with E-state index >= 15 is 0 Å². The fraction of sp³-hybridized carbons (Fsp3) is 0.500. The third-order valence-corrected chi connectivity index (χ3v) is 4.73. The second-order valence-electron chi connectivity index (χ2n) is 5.34. The van der Waals surface area contributed by atoms with Crippen LogP contribution < -0.4 is 0 Å². The van der Waals surface area contributed by atoms with Crippen molar-refractivity contribution in [3.05, 3.63) is 28.2 Å². The molecule has 5 heteroatoms. The quantitative estimate of drug-likeness (QED) is 0.733. The molecule has 1 heterocycles. The van der Waals surface area contributed by atoms with Gasteiger partial charge in [0.1, 0.15) is 11.6 Å². The molecule has 1 fully saturated rings. The third kappa shape index (κ3) is 2.52. The molecule has 0 saturated heterocycles. The first-order valence-corrected chi connectivity index (χ1v) is 7.83. The molecule has 1 aliphatic rings. The van der Waals surface area contributed by atoms with Crippen molar-refractivity contribution in [2.75, 3.05) is 0 Å². The molecule has 1 aliphatic carbocycles. The van der Waals surface area contributed by atoms with E-state index < -0.39 is 0 Å². The normalized spacial score (nSPS) is 17.1. The van der Waals surface area contributed by atoms with Crippen molar-refractivity contribution in [1.29, 1.82) is 0 Å². The number of nitrogens with zero attached hydrogens (tertiary/aromatic N) is 2. The second-order valence-corrected chi connectivity index (χ2v) is 6.46. The van der Waals surface area contributed by atoms with Crippen LogP contribution in [0, 0.1) is 17.7 Å². The Kier molecular flexibility index (Phi) is 3.56. The molecule has 2 nitrogen and oxygen atoms in total. The third-order valence-electron chi connectivity index (χ3n) is 3.89. The molecule has 0 spiro atoms. The summed E-state index contributed by atoms with van der Waals surface area (Å²) in [6.45, 7) is 3.11. The molecular formula is C14H15BrClFN2. The van der Waals surface area contributed by atoms with Crippen LogP contribution in [0.5, 0.6) is 0 Å². The number of benzene rings is 1. The predicted octanol–water partition coefficient (Wildman–Crippen LogP) is 4.72. The SMILES string of the molecule is CC(Cn1c(CCl)nc2cc(Br)c(F)cc21)C1CC1. The lowest BCUT2D eigenvalue weighted by atomic mass is 10.1. The van der Waals surface area contributed by atoms with Gasteiger partial charge in [-0.05, 0) is 46.7 Å². The highest BCUT2D eigenvalue weighted by Gasteiger charge is 2.29. The molecule has 19 heavy (non-hydrogen) atoms. The summed E-state index contributed by atoms with van der Waals surface area (Å²) in [7, 11) is 0. The van der Waals surface area contributed by atoms with Crippen molar-refractivity contribution in [3.8, 4) is 0 Å². The monoisotopic (exact) mass is 344 g/mol. The molecule has 102 valence electrons. The maximum atomic E-state index is 13.7. The lowest BCUT2D eigenvalue weighted by Crippen LogP contribution is -2.11. The van der Waals surface area contributed by atoms with Gasteiger partial charge in [0.15, 0.2) is 0 Å². The molecular weight excluding hydrogens is 331 g/mol. The standard InChI is InChI=1S/C14H15BrClFN2/c1-8(9-2-3-9)7-19-13-5-11(17)10(15)4-12(13)18-14(19)6-16/h4-5,8-9H,2-3,6-7H2,1H3. The first-order valence-electron chi connectivity index (χ1n) is 6.50. The lowest BCUT2D eigenvalue weighted by molar-refractivity contribution is 0.430. The Morgan fingerprint density at radius 3 is 2.89 bits per heavy atom. The number of alkyl halides is 1. The number of rotatable bonds is 4. The number of aromatic nitrogens is 2. The van der Waals surface area contributed by atoms with Crippen LogP contribution >= 0.6 is 27.5 Å². The molecule has 0 aliphatic heterocycles. The molecule has 1 aromatic carbocycles. The van der Waals surface area contributed by atoms with Gasteiger partial charge in [-0.1, -0.05) is 6.92 Å². The highest BCUT2D eigenvalue weighted by molar-refractivity contribution is 9.10. The van der Waals surface area contributed by atoms with Crippen molar-refractivity contribution in [2.24, 2.45) is 11.8 Å². The highest BCUT2D eigenvalue weighted by atomic mass is 79.9. The van der Waals surface area contributed by atoms with Crippen molar-refractivity contribution in [2.45, 2.75) is 32.2 Å². The van der Waals surface area contributed by atoms with E-state index in [9.17, 15) is 4.39 Å². The minimum absolute atomic E-state index is 0.256. The van der Waals surface area contributed by atoms with E-state index in [2.05, 4.69) is 32.4 Å². The molecule has 0 bridgehead atoms. The smallest absolute Gasteiger partial charge is 0.139 e. The molecule has 0 amide bonds. The topological polar surface area (TPSA) is 17.8 Å². The van der Waals surface area contributed by atoms with Crippen LogP contribution in [0.3, 0.4) is 0 Å². The Labute approximate surface area is 125 Å². The minimum Gasteiger partial charge on any atom is -0.327 e. The number of hydrogen-bond acceptors (Lipinski definition) is 1. The van der Waals surface area contributed by atoms with Crippen LogP contribution in [0.4, 0.5) is 4.39 Å². The van der Waals surface area contributed by atoms with Crippen molar-refractivity contribution >= 4 is 38.6 Å². The van der Waals surface area contributed by atoms with Crippen LogP contribution in [0.1, 0.15) is 25.6 Å². The zero-order valence-corrected chi connectivity index (χ0v) is 13.0. The summed E-state index contributed by atoms with van der Waals surface area (Å²) < 4.78 is 16.2. The van der Waals surface area contributed by atoms with Gasteiger partial charge in [0.25, 0.3) is 0 Å². The Bertz CT molecular complexity index is 621. The van der Waals surface area contributed by atoms with Gasteiger partial charge < -0.3 is 4.57 Å². The molecule has 1 atom stereocenters. The lowest BCUT2D eigenvalue weighted by Gasteiger charge is -2.14. The second kappa shape index (κ2) is 5.06. The number of hydrogen-bond donors (Lipinski definition) is 0. The van der Waals surface area contributed by atoms with Crippen molar-refractivity contribution < 1.29 is 4.39 Å². The summed E-state index contributed by atoms with van der Waals surface area (Å²) in [4.78, 5) is 4.50. The van der Waals surface area contributed by atoms with E-state index in [0.717, 1.165) is 29.3 Å². The van der Waals surface area contributed by atoms with Gasteiger partial charge in [0.05, 0.1) is 21.4 Å². The van der Waals surface area contributed by atoms with E-state index in [1.54, 1.807) is 12.1 Å². The largest absolute Gasteiger partial charge is 0.327 e. The molecule has 2 aromatic rings. The first kappa shape index (κ1) is 13.4. The van der Waals surface area contributed by atoms with Crippen LogP contribution in [-0.4, -0.2) is 9.55 Å². The zero-order valence-electron chi connectivity index (χ0n) is 10.7. The molecule has 1 unspecified atom stereocenters. The van der Waals surface area contributed by atoms with Gasteiger partial charge >= 0.3 is 0 Å². The van der Waals surface area contributed by atoms with E-state index in [-0.39, 0.29) is 5.82 Å². The first-order chi connectivity index (χ1) is 9.10. The molecule has 1 aromatic heterocycles. The summed E-state index contributed by atoms with van der Waals surface area (Å²) in [5.74, 6) is 2.31.